The van der Waals surface area contributed by atoms with E-state index in [1.165, 1.54) is 6.08 Å². The second-order valence-electron chi connectivity index (χ2n) is 6.41. The third kappa shape index (κ3) is 3.50. The predicted molar refractivity (Wildman–Crippen MR) is 93.0 cm³/mol. The number of hydrogen-bond acceptors (Lipinski definition) is 3. The van der Waals surface area contributed by atoms with Crippen LogP contribution in [0.3, 0.4) is 0 Å². The molecule has 5 heteroatoms. The number of nitrogens with zero attached hydrogens (tertiary/aromatic N) is 2. The molecule has 1 aliphatic rings. The predicted octanol–water partition coefficient (Wildman–Crippen LogP) is 2.46. The summed E-state index contributed by atoms with van der Waals surface area (Å²) in [7, 11) is 0. The summed E-state index contributed by atoms with van der Waals surface area (Å²) in [6.07, 6.45) is 7.70. The number of carbonyl (C=O) groups excluding carboxylic acids is 1. The molecule has 0 atom stereocenters. The van der Waals surface area contributed by atoms with Crippen molar-refractivity contribution in [3.05, 3.63) is 42.1 Å². The topological polar surface area (TPSA) is 78.0 Å². The lowest BCUT2D eigenvalue weighted by atomic mass is 10.1. The third-order valence-corrected chi connectivity index (χ3v) is 4.63. The first-order chi connectivity index (χ1) is 11.7. The van der Waals surface area contributed by atoms with Crippen molar-refractivity contribution in [1.29, 1.82) is 5.26 Å². The third-order valence-electron chi connectivity index (χ3n) is 4.63. The molecule has 0 radical (unpaired) electrons. The smallest absolute Gasteiger partial charge is 0.244 e. The van der Waals surface area contributed by atoms with Crippen LogP contribution < -0.4 is 5.32 Å². The molecule has 1 fully saturated rings. The summed E-state index contributed by atoms with van der Waals surface area (Å²) >= 11 is 0. The fourth-order valence-corrected chi connectivity index (χ4v) is 2.83. The molecule has 1 aliphatic carbocycles. The fourth-order valence-electron chi connectivity index (χ4n) is 2.83. The molecule has 0 spiro atoms. The number of amides is 1. The van der Waals surface area contributed by atoms with E-state index in [0.717, 1.165) is 29.3 Å². The Morgan fingerprint density at radius 2 is 2.21 bits per heavy atom. The van der Waals surface area contributed by atoms with E-state index in [-0.39, 0.29) is 17.9 Å². The summed E-state index contributed by atoms with van der Waals surface area (Å²) in [6, 6.07) is 10.1. The van der Waals surface area contributed by atoms with Crippen molar-refractivity contribution in [3.63, 3.8) is 0 Å². The minimum absolute atomic E-state index is 0.0865. The Labute approximate surface area is 141 Å². The van der Waals surface area contributed by atoms with Gasteiger partial charge in [-0.2, -0.15) is 5.26 Å². The quantitative estimate of drug-likeness (QED) is 0.768. The number of aryl methyl sites for hydroxylation is 1. The van der Waals surface area contributed by atoms with Gasteiger partial charge in [-0.1, -0.05) is 18.2 Å². The minimum atomic E-state index is -0.149. The Balaban J connectivity index is 1.72. The molecule has 5 nitrogen and oxygen atoms in total. The molecular formula is C19H21N3O2. The lowest BCUT2D eigenvalue weighted by Crippen LogP contribution is -2.30. The van der Waals surface area contributed by atoms with Crippen LogP contribution in [0.5, 0.6) is 0 Å². The van der Waals surface area contributed by atoms with Crippen LogP contribution in [-0.4, -0.2) is 28.7 Å². The highest BCUT2D eigenvalue weighted by molar-refractivity contribution is 5.96. The molecular weight excluding hydrogens is 302 g/mol. The Morgan fingerprint density at radius 3 is 2.92 bits per heavy atom. The van der Waals surface area contributed by atoms with Gasteiger partial charge in [-0.3, -0.25) is 4.79 Å². The van der Waals surface area contributed by atoms with Gasteiger partial charge in [0.15, 0.2) is 0 Å². The van der Waals surface area contributed by atoms with Crippen LogP contribution in [0.2, 0.25) is 0 Å². The van der Waals surface area contributed by atoms with Gasteiger partial charge in [-0.25, -0.2) is 0 Å². The van der Waals surface area contributed by atoms with Gasteiger partial charge in [0.1, 0.15) is 0 Å². The van der Waals surface area contributed by atoms with Crippen LogP contribution in [0, 0.1) is 16.7 Å². The molecule has 2 N–H and O–H groups in total. The van der Waals surface area contributed by atoms with E-state index in [1.807, 2.05) is 35.0 Å². The Morgan fingerprint density at radius 1 is 1.42 bits per heavy atom. The molecule has 1 heterocycles. The number of nitriles is 1. The number of rotatable bonds is 7. The van der Waals surface area contributed by atoms with Crippen molar-refractivity contribution < 1.29 is 9.90 Å². The summed E-state index contributed by atoms with van der Waals surface area (Å²) in [5.74, 6) is -0.149. The first-order valence-corrected chi connectivity index (χ1v) is 8.19. The number of benzene rings is 1. The highest BCUT2D eigenvalue weighted by Gasteiger charge is 2.41. The van der Waals surface area contributed by atoms with Crippen molar-refractivity contribution in [2.24, 2.45) is 5.41 Å². The van der Waals surface area contributed by atoms with Gasteiger partial charge in [0.25, 0.3) is 0 Å². The number of para-hydroxylation sites is 1. The van der Waals surface area contributed by atoms with E-state index in [4.69, 9.17) is 5.26 Å². The van der Waals surface area contributed by atoms with Crippen LogP contribution in [0.25, 0.3) is 17.0 Å². The van der Waals surface area contributed by atoms with Crippen molar-refractivity contribution in [1.82, 2.24) is 9.88 Å². The normalized spacial score (nSPS) is 15.5. The zero-order valence-corrected chi connectivity index (χ0v) is 13.5. The Bertz CT molecular complexity index is 810. The number of nitrogens with one attached hydrogen (secondary N) is 1. The van der Waals surface area contributed by atoms with Gasteiger partial charge < -0.3 is 15.0 Å². The molecule has 0 aliphatic heterocycles. The van der Waals surface area contributed by atoms with Crippen LogP contribution in [0.15, 0.2) is 36.5 Å². The molecule has 0 unspecified atom stereocenters. The Hall–Kier alpha value is -2.58. The van der Waals surface area contributed by atoms with Crippen molar-refractivity contribution in [2.75, 3.05) is 13.2 Å². The maximum atomic E-state index is 12.0. The molecule has 0 saturated heterocycles. The highest BCUT2D eigenvalue weighted by atomic mass is 16.3. The molecule has 2 aromatic rings. The van der Waals surface area contributed by atoms with E-state index in [9.17, 15) is 9.90 Å². The van der Waals surface area contributed by atoms with E-state index in [0.29, 0.717) is 19.5 Å². The second kappa shape index (κ2) is 6.90. The lowest BCUT2D eigenvalue weighted by molar-refractivity contribution is -0.116. The van der Waals surface area contributed by atoms with E-state index >= 15 is 0 Å². The summed E-state index contributed by atoms with van der Waals surface area (Å²) in [5, 5.41) is 22.0. The maximum absolute atomic E-state index is 12.0. The van der Waals surface area contributed by atoms with Crippen LogP contribution in [0.4, 0.5) is 0 Å². The summed E-state index contributed by atoms with van der Waals surface area (Å²) in [6.45, 7) is 1.29. The van der Waals surface area contributed by atoms with Crippen molar-refractivity contribution >= 4 is 22.9 Å². The molecule has 3 rings (SSSR count). The average Bonchev–Trinajstić information content (AvgIpc) is 3.32. The molecule has 1 saturated carbocycles. The summed E-state index contributed by atoms with van der Waals surface area (Å²) < 4.78 is 2.04. The number of aromatic nitrogens is 1. The summed E-state index contributed by atoms with van der Waals surface area (Å²) in [5.41, 5.74) is 1.93. The van der Waals surface area contributed by atoms with Crippen LogP contribution >= 0.6 is 0 Å². The molecule has 24 heavy (non-hydrogen) atoms. The van der Waals surface area contributed by atoms with E-state index < -0.39 is 0 Å². The molecule has 1 aromatic carbocycles. The second-order valence-corrected chi connectivity index (χ2v) is 6.41. The molecule has 1 amide bonds. The van der Waals surface area contributed by atoms with Crippen LogP contribution in [-0.2, 0) is 11.3 Å². The number of carbonyl (C=O) groups is 1. The van der Waals surface area contributed by atoms with Gasteiger partial charge in [-0.05, 0) is 25.0 Å². The summed E-state index contributed by atoms with van der Waals surface area (Å²) in [4.78, 5) is 12.0. The van der Waals surface area contributed by atoms with Gasteiger partial charge in [0.05, 0.1) is 19.1 Å². The zero-order chi connectivity index (χ0) is 17.0. The van der Waals surface area contributed by atoms with Gasteiger partial charge in [0, 0.05) is 47.2 Å². The van der Waals surface area contributed by atoms with Crippen LogP contribution in [0.1, 0.15) is 24.8 Å². The van der Waals surface area contributed by atoms with Crippen molar-refractivity contribution in [3.8, 4) is 6.07 Å². The SMILES string of the molecule is N#CCCn1cc(/C=C/C(=O)NCC2(CO)CC2)c2ccccc21. The zero-order valence-electron chi connectivity index (χ0n) is 13.5. The Kier molecular flexibility index (Phi) is 4.68. The largest absolute Gasteiger partial charge is 0.396 e. The monoisotopic (exact) mass is 323 g/mol. The van der Waals surface area contributed by atoms with E-state index in [1.54, 1.807) is 6.08 Å². The first kappa shape index (κ1) is 16.3. The first-order valence-electron chi connectivity index (χ1n) is 8.19. The molecule has 124 valence electrons. The van der Waals surface area contributed by atoms with Gasteiger partial charge in [0.2, 0.25) is 5.91 Å². The number of fused-ring (bicyclic) bond motifs is 1. The van der Waals surface area contributed by atoms with Crippen molar-refractivity contribution in [2.45, 2.75) is 25.8 Å². The number of aliphatic hydroxyl groups excluding tert-OH is 1. The average molecular weight is 323 g/mol. The number of hydrogen-bond donors (Lipinski definition) is 2. The van der Waals surface area contributed by atoms with Gasteiger partial charge >= 0.3 is 0 Å². The van der Waals surface area contributed by atoms with E-state index in [2.05, 4.69) is 11.4 Å². The maximum Gasteiger partial charge on any atom is 0.244 e. The minimum Gasteiger partial charge on any atom is -0.396 e. The fraction of sp³-hybridized carbons (Fsp3) is 0.368. The standard InChI is InChI=1S/C19H21N3O2/c20-10-3-11-22-12-15(16-4-1-2-5-17(16)22)6-7-18(24)21-13-19(14-23)8-9-19/h1-2,4-7,12,23H,3,8-9,11,13-14H2,(H,21,24)/b7-6+. The van der Waals surface area contributed by atoms with Gasteiger partial charge in [-0.15, -0.1) is 0 Å². The molecule has 1 aromatic heterocycles. The highest BCUT2D eigenvalue weighted by Crippen LogP contribution is 2.44. The number of aliphatic hydroxyl groups is 1. The molecule has 0 bridgehead atoms. The lowest BCUT2D eigenvalue weighted by Gasteiger charge is -2.10.